The molecule has 0 saturated heterocycles. The normalized spacial score (nSPS) is 10.7. The lowest BCUT2D eigenvalue weighted by molar-refractivity contribution is 0.407. The molecule has 1 N–H and O–H groups in total. The predicted octanol–water partition coefficient (Wildman–Crippen LogP) is 3.02. The van der Waals surface area contributed by atoms with Gasteiger partial charge in [-0.05, 0) is 17.7 Å². The van der Waals surface area contributed by atoms with Crippen LogP contribution < -0.4 is 4.74 Å². The van der Waals surface area contributed by atoms with Crippen molar-refractivity contribution in [3.8, 4) is 11.5 Å². The van der Waals surface area contributed by atoms with Crippen LogP contribution in [0.1, 0.15) is 11.1 Å². The number of ether oxygens (including phenoxy) is 1. The number of hydrogen-bond donors (Lipinski definition) is 1. The SMILES string of the molecule is COc1ccc(C=NCc2ccccc2)c(O)c1. The molecule has 0 aliphatic carbocycles. The molecular weight excluding hydrogens is 226 g/mol. The quantitative estimate of drug-likeness (QED) is 0.836. The van der Waals surface area contributed by atoms with E-state index in [2.05, 4.69) is 4.99 Å². The van der Waals surface area contributed by atoms with Gasteiger partial charge in [0.15, 0.2) is 0 Å². The Kier molecular flexibility index (Phi) is 3.97. The molecule has 0 amide bonds. The number of aliphatic imine (C=N–C) groups is 1. The molecule has 2 aromatic carbocycles. The van der Waals surface area contributed by atoms with Gasteiger partial charge in [-0.15, -0.1) is 0 Å². The molecule has 0 aromatic heterocycles. The summed E-state index contributed by atoms with van der Waals surface area (Å²) in [5.74, 6) is 0.805. The molecule has 18 heavy (non-hydrogen) atoms. The van der Waals surface area contributed by atoms with Crippen molar-refractivity contribution in [2.24, 2.45) is 4.99 Å². The summed E-state index contributed by atoms with van der Waals surface area (Å²) >= 11 is 0. The Bertz CT molecular complexity index is 535. The summed E-state index contributed by atoms with van der Waals surface area (Å²) in [4.78, 5) is 4.30. The number of benzene rings is 2. The second-order valence-electron chi connectivity index (χ2n) is 3.88. The van der Waals surface area contributed by atoms with Crippen molar-refractivity contribution in [3.05, 3.63) is 59.7 Å². The van der Waals surface area contributed by atoms with Gasteiger partial charge in [-0.2, -0.15) is 0 Å². The zero-order valence-corrected chi connectivity index (χ0v) is 10.2. The van der Waals surface area contributed by atoms with E-state index in [4.69, 9.17) is 4.74 Å². The maximum Gasteiger partial charge on any atom is 0.128 e. The molecule has 2 rings (SSSR count). The van der Waals surface area contributed by atoms with E-state index < -0.39 is 0 Å². The number of nitrogens with zero attached hydrogens (tertiary/aromatic N) is 1. The lowest BCUT2D eigenvalue weighted by Gasteiger charge is -2.02. The summed E-state index contributed by atoms with van der Waals surface area (Å²) < 4.78 is 5.02. The van der Waals surface area contributed by atoms with E-state index in [9.17, 15) is 5.11 Å². The first-order valence-electron chi connectivity index (χ1n) is 5.70. The van der Waals surface area contributed by atoms with Crippen LogP contribution >= 0.6 is 0 Å². The van der Waals surface area contributed by atoms with Gasteiger partial charge in [0.25, 0.3) is 0 Å². The third-order valence-electron chi connectivity index (χ3n) is 2.58. The van der Waals surface area contributed by atoms with Gasteiger partial charge in [-0.3, -0.25) is 4.99 Å². The van der Waals surface area contributed by atoms with Gasteiger partial charge in [0.1, 0.15) is 11.5 Å². The summed E-state index contributed by atoms with van der Waals surface area (Å²) in [6, 6.07) is 15.1. The van der Waals surface area contributed by atoms with Gasteiger partial charge in [0, 0.05) is 17.8 Å². The standard InChI is InChI=1S/C15H15NO2/c1-18-14-8-7-13(15(17)9-14)11-16-10-12-5-3-2-4-6-12/h2-9,11,17H,10H2,1H3. The van der Waals surface area contributed by atoms with Crippen molar-refractivity contribution in [2.75, 3.05) is 7.11 Å². The van der Waals surface area contributed by atoms with Crippen molar-refractivity contribution < 1.29 is 9.84 Å². The Labute approximate surface area is 106 Å². The molecule has 0 spiro atoms. The maximum absolute atomic E-state index is 9.75. The van der Waals surface area contributed by atoms with E-state index >= 15 is 0 Å². The smallest absolute Gasteiger partial charge is 0.128 e. The molecule has 0 bridgehead atoms. The van der Waals surface area contributed by atoms with Crippen molar-refractivity contribution in [2.45, 2.75) is 6.54 Å². The van der Waals surface area contributed by atoms with Crippen molar-refractivity contribution in [1.82, 2.24) is 0 Å². The van der Waals surface area contributed by atoms with Crippen LogP contribution in [0.4, 0.5) is 0 Å². The number of phenols is 1. The van der Waals surface area contributed by atoms with Gasteiger partial charge < -0.3 is 9.84 Å². The van der Waals surface area contributed by atoms with Crippen LogP contribution in [0.15, 0.2) is 53.5 Å². The van der Waals surface area contributed by atoms with E-state index in [1.165, 1.54) is 0 Å². The summed E-state index contributed by atoms with van der Waals surface area (Å²) in [5.41, 5.74) is 1.83. The molecule has 0 fully saturated rings. The molecule has 0 atom stereocenters. The fourth-order valence-corrected chi connectivity index (χ4v) is 1.59. The maximum atomic E-state index is 9.75. The molecule has 3 heteroatoms. The Balaban J connectivity index is 2.05. The lowest BCUT2D eigenvalue weighted by Crippen LogP contribution is -1.87. The number of rotatable bonds is 4. The highest BCUT2D eigenvalue weighted by molar-refractivity contribution is 5.83. The topological polar surface area (TPSA) is 41.8 Å². The van der Waals surface area contributed by atoms with Crippen LogP contribution in [-0.4, -0.2) is 18.4 Å². The number of aromatic hydroxyl groups is 1. The molecule has 0 saturated carbocycles. The summed E-state index contributed by atoms with van der Waals surface area (Å²) in [6.07, 6.45) is 1.67. The Morgan fingerprint density at radius 3 is 2.61 bits per heavy atom. The third-order valence-corrected chi connectivity index (χ3v) is 2.58. The van der Waals surface area contributed by atoms with E-state index in [1.54, 1.807) is 31.5 Å². The van der Waals surface area contributed by atoms with Gasteiger partial charge in [-0.1, -0.05) is 30.3 Å². The molecule has 0 aliphatic heterocycles. The van der Waals surface area contributed by atoms with E-state index in [0.29, 0.717) is 17.9 Å². The summed E-state index contributed by atoms with van der Waals surface area (Å²) in [7, 11) is 1.57. The minimum absolute atomic E-state index is 0.172. The third kappa shape index (κ3) is 3.10. The first-order chi connectivity index (χ1) is 8.79. The Morgan fingerprint density at radius 2 is 1.94 bits per heavy atom. The van der Waals surface area contributed by atoms with Gasteiger partial charge >= 0.3 is 0 Å². The van der Waals surface area contributed by atoms with Crippen LogP contribution in [0.25, 0.3) is 0 Å². The molecule has 0 aliphatic rings. The Hall–Kier alpha value is -2.29. The average molecular weight is 241 g/mol. The molecule has 0 radical (unpaired) electrons. The molecule has 3 nitrogen and oxygen atoms in total. The first-order valence-corrected chi connectivity index (χ1v) is 5.70. The minimum Gasteiger partial charge on any atom is -0.507 e. The second-order valence-corrected chi connectivity index (χ2v) is 3.88. The fraction of sp³-hybridized carbons (Fsp3) is 0.133. The molecule has 0 unspecified atom stereocenters. The van der Waals surface area contributed by atoms with Gasteiger partial charge in [0.05, 0.1) is 13.7 Å². The Morgan fingerprint density at radius 1 is 1.17 bits per heavy atom. The summed E-state index contributed by atoms with van der Waals surface area (Å²) in [6.45, 7) is 0.603. The van der Waals surface area contributed by atoms with E-state index in [1.807, 2.05) is 30.3 Å². The van der Waals surface area contributed by atoms with Crippen molar-refractivity contribution in [1.29, 1.82) is 0 Å². The van der Waals surface area contributed by atoms with E-state index in [0.717, 1.165) is 5.56 Å². The fourth-order valence-electron chi connectivity index (χ4n) is 1.59. The number of hydrogen-bond acceptors (Lipinski definition) is 3. The van der Waals surface area contributed by atoms with Crippen molar-refractivity contribution >= 4 is 6.21 Å². The summed E-state index contributed by atoms with van der Waals surface area (Å²) in [5, 5.41) is 9.75. The minimum atomic E-state index is 0.172. The molecule has 92 valence electrons. The highest BCUT2D eigenvalue weighted by atomic mass is 16.5. The van der Waals surface area contributed by atoms with Crippen LogP contribution in [-0.2, 0) is 6.54 Å². The van der Waals surface area contributed by atoms with Crippen molar-refractivity contribution in [3.63, 3.8) is 0 Å². The number of methoxy groups -OCH3 is 1. The molecule has 2 aromatic rings. The zero-order chi connectivity index (χ0) is 12.8. The van der Waals surface area contributed by atoms with Gasteiger partial charge in [-0.25, -0.2) is 0 Å². The zero-order valence-electron chi connectivity index (χ0n) is 10.2. The van der Waals surface area contributed by atoms with Crippen LogP contribution in [0.3, 0.4) is 0 Å². The predicted molar refractivity (Wildman–Crippen MR) is 72.4 cm³/mol. The van der Waals surface area contributed by atoms with E-state index in [-0.39, 0.29) is 5.75 Å². The average Bonchev–Trinajstić information content (AvgIpc) is 2.42. The monoisotopic (exact) mass is 241 g/mol. The molecule has 0 heterocycles. The number of phenolic OH excluding ortho intramolecular Hbond substituents is 1. The second kappa shape index (κ2) is 5.87. The van der Waals surface area contributed by atoms with Crippen LogP contribution in [0.5, 0.6) is 11.5 Å². The largest absolute Gasteiger partial charge is 0.507 e. The van der Waals surface area contributed by atoms with Crippen LogP contribution in [0, 0.1) is 0 Å². The lowest BCUT2D eigenvalue weighted by atomic mass is 10.2. The highest BCUT2D eigenvalue weighted by Gasteiger charge is 1.99. The van der Waals surface area contributed by atoms with Crippen LogP contribution in [0.2, 0.25) is 0 Å². The first kappa shape index (κ1) is 12.2. The highest BCUT2D eigenvalue weighted by Crippen LogP contribution is 2.21. The molecular formula is C15H15NO2. The van der Waals surface area contributed by atoms with Gasteiger partial charge in [0.2, 0.25) is 0 Å².